The summed E-state index contributed by atoms with van der Waals surface area (Å²) in [4.78, 5) is 41.5. The third-order valence-corrected chi connectivity index (χ3v) is 9.63. The molecule has 6 rings (SSSR count). The molecule has 2 aliphatic carbocycles. The number of aromatic nitrogens is 7. The summed E-state index contributed by atoms with van der Waals surface area (Å²) in [5.74, 6) is 0.987. The maximum atomic E-state index is 14.0. The van der Waals surface area contributed by atoms with E-state index in [0.717, 1.165) is 49.1 Å². The fourth-order valence-corrected chi connectivity index (χ4v) is 6.32. The molecule has 1 N–H and O–H groups in total. The second kappa shape index (κ2) is 10.9. The minimum atomic E-state index is -3.35. The van der Waals surface area contributed by atoms with Gasteiger partial charge in [-0.3, -0.25) is 14.3 Å². The Bertz CT molecular complexity index is 1770. The molecule has 12 nitrogen and oxygen atoms in total. The number of nitrogens with one attached hydrogen (secondary N) is 1. The minimum absolute atomic E-state index is 0.000985. The molecule has 41 heavy (non-hydrogen) atoms. The fraction of sp³-hybridized carbons (Fsp3) is 0.464. The summed E-state index contributed by atoms with van der Waals surface area (Å²) in [6.45, 7) is 3.70. The number of ether oxygens (including phenoxy) is 1. The van der Waals surface area contributed by atoms with Crippen molar-refractivity contribution in [1.82, 2.24) is 34.5 Å². The van der Waals surface area contributed by atoms with Crippen molar-refractivity contribution in [2.45, 2.75) is 75.5 Å². The number of aryl methyl sites for hydroxylation is 1. The molecule has 13 heteroatoms. The van der Waals surface area contributed by atoms with Gasteiger partial charge in [-0.15, -0.1) is 0 Å². The van der Waals surface area contributed by atoms with Crippen LogP contribution in [0.1, 0.15) is 68.1 Å². The summed E-state index contributed by atoms with van der Waals surface area (Å²) in [5, 5.41) is 3.11. The quantitative estimate of drug-likeness (QED) is 0.312. The van der Waals surface area contributed by atoms with Crippen molar-refractivity contribution in [1.29, 1.82) is 0 Å². The van der Waals surface area contributed by atoms with Gasteiger partial charge in [-0.1, -0.05) is 6.92 Å². The zero-order valence-electron chi connectivity index (χ0n) is 23.2. The Kier molecular flexibility index (Phi) is 7.24. The second-order valence-electron chi connectivity index (χ2n) is 10.5. The van der Waals surface area contributed by atoms with Crippen LogP contribution < -0.4 is 10.9 Å². The molecule has 2 saturated carbocycles. The topological polar surface area (TPSA) is 155 Å². The normalized spacial score (nSPS) is 19.1. The first kappa shape index (κ1) is 27.3. The van der Waals surface area contributed by atoms with Gasteiger partial charge < -0.3 is 10.1 Å². The maximum Gasteiger partial charge on any atom is 0.295 e. The van der Waals surface area contributed by atoms with Gasteiger partial charge in [0.15, 0.2) is 27.1 Å². The lowest BCUT2D eigenvalue weighted by Gasteiger charge is -2.23. The molecule has 4 aromatic heterocycles. The molecule has 2 atom stereocenters. The summed E-state index contributed by atoms with van der Waals surface area (Å²) in [7, 11) is -1.68. The number of nitrogens with zero attached hydrogens (tertiary/aromatic N) is 7. The Labute approximate surface area is 237 Å². The van der Waals surface area contributed by atoms with E-state index in [1.54, 1.807) is 37.2 Å². The van der Waals surface area contributed by atoms with E-state index < -0.39 is 9.84 Å². The lowest BCUT2D eigenvalue weighted by atomic mass is 10.1. The molecule has 0 amide bonds. The van der Waals surface area contributed by atoms with Gasteiger partial charge in [0.05, 0.1) is 58.2 Å². The molecule has 214 valence electrons. The van der Waals surface area contributed by atoms with Gasteiger partial charge in [0.2, 0.25) is 0 Å². The highest BCUT2D eigenvalue weighted by molar-refractivity contribution is 7.91. The molecule has 0 spiro atoms. The third kappa shape index (κ3) is 5.19. The zero-order chi connectivity index (χ0) is 28.7. The van der Waals surface area contributed by atoms with E-state index in [9.17, 15) is 13.2 Å². The van der Waals surface area contributed by atoms with Crippen LogP contribution in [0, 0.1) is 6.92 Å². The van der Waals surface area contributed by atoms with Crippen molar-refractivity contribution in [2.24, 2.45) is 0 Å². The lowest BCUT2D eigenvalue weighted by Crippen LogP contribution is -2.33. The molecule has 0 bridgehead atoms. The van der Waals surface area contributed by atoms with E-state index in [1.165, 1.54) is 12.3 Å². The largest absolute Gasteiger partial charge is 0.379 e. The number of anilines is 1. The van der Waals surface area contributed by atoms with Gasteiger partial charge in [0, 0.05) is 19.2 Å². The molecule has 0 aromatic carbocycles. The summed E-state index contributed by atoms with van der Waals surface area (Å²) in [6.07, 6.45) is 9.10. The number of pyridine rings is 1. The highest BCUT2D eigenvalue weighted by Crippen LogP contribution is 2.43. The first-order chi connectivity index (χ1) is 19.8. The number of fused-ring (bicyclic) bond motifs is 1. The predicted octanol–water partition coefficient (Wildman–Crippen LogP) is 3.37. The van der Waals surface area contributed by atoms with Gasteiger partial charge in [-0.25, -0.2) is 33.3 Å². The molecule has 0 saturated heterocycles. The van der Waals surface area contributed by atoms with E-state index >= 15 is 0 Å². The van der Waals surface area contributed by atoms with E-state index in [1.807, 2.05) is 6.92 Å². The third-order valence-electron chi connectivity index (χ3n) is 7.91. The Balaban J connectivity index is 1.41. The van der Waals surface area contributed by atoms with Crippen LogP contribution in [0.15, 0.2) is 40.5 Å². The van der Waals surface area contributed by atoms with Crippen LogP contribution >= 0.6 is 0 Å². The first-order valence-corrected chi connectivity index (χ1v) is 15.5. The molecular formula is C28H32N8O4S. The summed E-state index contributed by atoms with van der Waals surface area (Å²) < 4.78 is 31.7. The van der Waals surface area contributed by atoms with E-state index in [-0.39, 0.29) is 40.7 Å². The Morgan fingerprint density at radius 1 is 1.05 bits per heavy atom. The zero-order valence-corrected chi connectivity index (χ0v) is 24.1. The van der Waals surface area contributed by atoms with Crippen LogP contribution in [0.2, 0.25) is 0 Å². The van der Waals surface area contributed by atoms with Gasteiger partial charge in [-0.05, 0) is 51.2 Å². The standard InChI is InChI=1S/C28H32N8O4S/c1-4-41(38,39)19-11-10-18(29-13-19)12-30-26-28(37)36(21-6-5-7-22(21)40-3)27-20(34-26)14-31-25(35-27)23-16(2)32-15-33-24(23)17-8-9-17/h10-11,13-15,17,21-22H,4-9,12H2,1-3H3,(H,30,34)/t21?,22-/m0/s1. The van der Waals surface area contributed by atoms with E-state index in [0.29, 0.717) is 28.6 Å². The van der Waals surface area contributed by atoms with Gasteiger partial charge in [0.25, 0.3) is 5.56 Å². The predicted molar refractivity (Wildman–Crippen MR) is 152 cm³/mol. The molecule has 2 fully saturated rings. The Morgan fingerprint density at radius 2 is 1.88 bits per heavy atom. The smallest absolute Gasteiger partial charge is 0.295 e. The highest BCUT2D eigenvalue weighted by Gasteiger charge is 2.33. The van der Waals surface area contributed by atoms with Crippen molar-refractivity contribution in [2.75, 3.05) is 18.2 Å². The molecule has 2 aliphatic rings. The van der Waals surface area contributed by atoms with Crippen LogP contribution in [0.3, 0.4) is 0 Å². The highest BCUT2D eigenvalue weighted by atomic mass is 32.2. The monoisotopic (exact) mass is 576 g/mol. The van der Waals surface area contributed by atoms with Gasteiger partial charge in [0.1, 0.15) is 11.8 Å². The maximum absolute atomic E-state index is 14.0. The number of hydrogen-bond donors (Lipinski definition) is 1. The minimum Gasteiger partial charge on any atom is -0.379 e. The van der Waals surface area contributed by atoms with Crippen LogP contribution in [0.5, 0.6) is 0 Å². The van der Waals surface area contributed by atoms with Crippen LogP contribution in [-0.4, -0.2) is 61.9 Å². The average Bonchev–Trinajstić information content (AvgIpc) is 3.73. The molecule has 4 heterocycles. The number of methoxy groups -OCH3 is 1. The molecule has 0 aliphatic heterocycles. The lowest BCUT2D eigenvalue weighted by molar-refractivity contribution is 0.0751. The number of rotatable bonds is 9. The van der Waals surface area contributed by atoms with E-state index in [4.69, 9.17) is 9.72 Å². The van der Waals surface area contributed by atoms with Crippen molar-refractivity contribution in [3.05, 3.63) is 58.3 Å². The second-order valence-corrected chi connectivity index (χ2v) is 12.8. The van der Waals surface area contributed by atoms with Crippen molar-refractivity contribution >= 4 is 26.8 Å². The van der Waals surface area contributed by atoms with Gasteiger partial charge in [-0.2, -0.15) is 0 Å². The number of hydrogen-bond acceptors (Lipinski definition) is 11. The molecular weight excluding hydrogens is 544 g/mol. The SMILES string of the molecule is CCS(=O)(=O)c1ccc(CNc2nc3cnc(-c4c(C)ncnc4C4CC4)nc3n(C3CCC[C@@H]3OC)c2=O)nc1. The molecule has 1 unspecified atom stereocenters. The fourth-order valence-electron chi connectivity index (χ4n) is 5.50. The van der Waals surface area contributed by atoms with Crippen molar-refractivity contribution in [3.63, 3.8) is 0 Å². The number of sulfone groups is 1. The average molecular weight is 577 g/mol. The molecule has 4 aromatic rings. The van der Waals surface area contributed by atoms with Crippen molar-refractivity contribution in [3.8, 4) is 11.4 Å². The van der Waals surface area contributed by atoms with E-state index in [2.05, 4.69) is 30.2 Å². The van der Waals surface area contributed by atoms with Crippen molar-refractivity contribution < 1.29 is 13.2 Å². The van der Waals surface area contributed by atoms with Crippen LogP contribution in [0.25, 0.3) is 22.6 Å². The first-order valence-electron chi connectivity index (χ1n) is 13.9. The summed E-state index contributed by atoms with van der Waals surface area (Å²) in [5.41, 5.74) is 3.72. The summed E-state index contributed by atoms with van der Waals surface area (Å²) in [6, 6.07) is 2.94. The summed E-state index contributed by atoms with van der Waals surface area (Å²) >= 11 is 0. The van der Waals surface area contributed by atoms with Crippen LogP contribution in [-0.2, 0) is 21.1 Å². The van der Waals surface area contributed by atoms with Gasteiger partial charge >= 0.3 is 0 Å². The molecule has 0 radical (unpaired) electrons. The van der Waals surface area contributed by atoms with Crippen LogP contribution in [0.4, 0.5) is 5.82 Å². The Morgan fingerprint density at radius 3 is 2.59 bits per heavy atom. The Hall–Kier alpha value is -3.84.